The largest absolute Gasteiger partial charge is 0.347 e. The SMILES string of the molecule is Cl.ClCc1nc(CC2CCC2)c[nH]1. The standard InChI is InChI=1S/C9H13ClN2.ClH/c10-5-9-11-6-8(12-9)4-7-2-1-3-7;/h6-7H,1-5H2,(H,11,12);1H. The minimum atomic E-state index is 0. The highest BCUT2D eigenvalue weighted by molar-refractivity contribution is 6.16. The number of alkyl halides is 1. The summed E-state index contributed by atoms with van der Waals surface area (Å²) >= 11 is 5.63. The maximum Gasteiger partial charge on any atom is 0.121 e. The van der Waals surface area contributed by atoms with Gasteiger partial charge in [-0.2, -0.15) is 0 Å². The van der Waals surface area contributed by atoms with Crippen LogP contribution in [0.25, 0.3) is 0 Å². The van der Waals surface area contributed by atoms with Gasteiger partial charge in [-0.1, -0.05) is 19.3 Å². The zero-order valence-electron chi connectivity index (χ0n) is 7.42. The zero-order valence-corrected chi connectivity index (χ0v) is 9.00. The van der Waals surface area contributed by atoms with E-state index in [0.717, 1.165) is 18.2 Å². The van der Waals surface area contributed by atoms with Crippen LogP contribution in [0.15, 0.2) is 6.20 Å². The normalized spacial score (nSPS) is 16.4. The molecule has 0 radical (unpaired) electrons. The molecule has 4 heteroatoms. The van der Waals surface area contributed by atoms with Gasteiger partial charge in [-0.3, -0.25) is 0 Å². The summed E-state index contributed by atoms with van der Waals surface area (Å²) in [7, 11) is 0. The van der Waals surface area contributed by atoms with Crippen molar-refractivity contribution in [1.82, 2.24) is 9.97 Å². The van der Waals surface area contributed by atoms with Crippen molar-refractivity contribution in [1.29, 1.82) is 0 Å². The Balaban J connectivity index is 0.000000845. The van der Waals surface area contributed by atoms with E-state index in [-0.39, 0.29) is 12.4 Å². The topological polar surface area (TPSA) is 28.7 Å². The van der Waals surface area contributed by atoms with Crippen molar-refractivity contribution in [2.75, 3.05) is 0 Å². The molecule has 0 amide bonds. The van der Waals surface area contributed by atoms with E-state index >= 15 is 0 Å². The van der Waals surface area contributed by atoms with E-state index in [9.17, 15) is 0 Å². The third-order valence-corrected chi connectivity index (χ3v) is 2.79. The predicted octanol–water partition coefficient (Wildman–Crippen LogP) is 2.91. The molecule has 0 atom stereocenters. The van der Waals surface area contributed by atoms with Crippen molar-refractivity contribution in [3.63, 3.8) is 0 Å². The van der Waals surface area contributed by atoms with Crippen LogP contribution in [-0.2, 0) is 12.3 Å². The first kappa shape index (κ1) is 10.9. The Labute approximate surface area is 89.5 Å². The number of hydrogen-bond acceptors (Lipinski definition) is 1. The number of aromatic nitrogens is 2. The van der Waals surface area contributed by atoms with E-state index in [0.29, 0.717) is 5.88 Å². The third kappa shape index (κ3) is 2.61. The lowest BCUT2D eigenvalue weighted by Gasteiger charge is -2.24. The average Bonchev–Trinajstić information content (AvgIpc) is 2.44. The van der Waals surface area contributed by atoms with Crippen LogP contribution in [0.4, 0.5) is 0 Å². The molecule has 0 bridgehead atoms. The van der Waals surface area contributed by atoms with Crippen molar-refractivity contribution in [2.24, 2.45) is 5.92 Å². The molecule has 74 valence electrons. The molecule has 1 heterocycles. The van der Waals surface area contributed by atoms with Gasteiger partial charge in [0.05, 0.1) is 11.6 Å². The summed E-state index contributed by atoms with van der Waals surface area (Å²) in [5.74, 6) is 2.27. The summed E-state index contributed by atoms with van der Waals surface area (Å²) in [6.07, 6.45) is 7.27. The molecule has 0 saturated heterocycles. The van der Waals surface area contributed by atoms with Crippen LogP contribution in [0, 0.1) is 5.92 Å². The second-order valence-electron chi connectivity index (χ2n) is 3.47. The smallest absolute Gasteiger partial charge is 0.121 e. The molecule has 1 aromatic heterocycles. The summed E-state index contributed by atoms with van der Waals surface area (Å²) < 4.78 is 0. The summed E-state index contributed by atoms with van der Waals surface area (Å²) in [6.45, 7) is 0. The maximum absolute atomic E-state index is 5.63. The Hall–Kier alpha value is -0.210. The monoisotopic (exact) mass is 220 g/mol. The highest BCUT2D eigenvalue weighted by Gasteiger charge is 2.18. The van der Waals surface area contributed by atoms with Crippen LogP contribution >= 0.6 is 24.0 Å². The quantitative estimate of drug-likeness (QED) is 0.781. The number of imidazole rings is 1. The van der Waals surface area contributed by atoms with Crippen LogP contribution in [0.5, 0.6) is 0 Å². The highest BCUT2D eigenvalue weighted by atomic mass is 35.5. The second kappa shape index (κ2) is 4.87. The summed E-state index contributed by atoms with van der Waals surface area (Å²) in [4.78, 5) is 7.43. The van der Waals surface area contributed by atoms with E-state index in [1.54, 1.807) is 0 Å². The average molecular weight is 221 g/mol. The van der Waals surface area contributed by atoms with E-state index < -0.39 is 0 Å². The first-order valence-corrected chi connectivity index (χ1v) is 5.01. The van der Waals surface area contributed by atoms with Gasteiger partial charge < -0.3 is 4.98 Å². The molecular weight excluding hydrogens is 207 g/mol. The van der Waals surface area contributed by atoms with Gasteiger partial charge >= 0.3 is 0 Å². The molecule has 1 N–H and O–H groups in total. The number of hydrogen-bond donors (Lipinski definition) is 1. The molecule has 0 unspecified atom stereocenters. The molecule has 0 spiro atoms. The van der Waals surface area contributed by atoms with Gasteiger partial charge in [-0.15, -0.1) is 24.0 Å². The van der Waals surface area contributed by atoms with E-state index in [1.807, 2.05) is 6.20 Å². The summed E-state index contributed by atoms with van der Waals surface area (Å²) in [5, 5.41) is 0. The number of nitrogens with one attached hydrogen (secondary N) is 1. The van der Waals surface area contributed by atoms with Gasteiger partial charge in [0.2, 0.25) is 0 Å². The van der Waals surface area contributed by atoms with Gasteiger partial charge in [0, 0.05) is 6.20 Å². The molecule has 1 saturated carbocycles. The molecule has 1 aromatic rings. The van der Waals surface area contributed by atoms with E-state index in [4.69, 9.17) is 11.6 Å². The molecule has 1 fully saturated rings. The van der Waals surface area contributed by atoms with Crippen LogP contribution in [0.1, 0.15) is 30.8 Å². The number of H-pyrrole nitrogens is 1. The Morgan fingerprint density at radius 1 is 1.54 bits per heavy atom. The van der Waals surface area contributed by atoms with Crippen molar-refractivity contribution >= 4 is 24.0 Å². The van der Waals surface area contributed by atoms with Crippen LogP contribution in [-0.4, -0.2) is 9.97 Å². The molecule has 0 aliphatic heterocycles. The van der Waals surface area contributed by atoms with Crippen LogP contribution < -0.4 is 0 Å². The van der Waals surface area contributed by atoms with Crippen LogP contribution in [0.3, 0.4) is 0 Å². The fraction of sp³-hybridized carbons (Fsp3) is 0.667. The third-order valence-electron chi connectivity index (χ3n) is 2.53. The molecule has 13 heavy (non-hydrogen) atoms. The molecule has 2 rings (SSSR count). The van der Waals surface area contributed by atoms with Gasteiger partial charge in [-0.05, 0) is 12.3 Å². The number of nitrogens with zero attached hydrogens (tertiary/aromatic N) is 1. The fourth-order valence-corrected chi connectivity index (χ4v) is 1.71. The fourth-order valence-electron chi connectivity index (χ4n) is 1.57. The van der Waals surface area contributed by atoms with Gasteiger partial charge in [0.15, 0.2) is 0 Å². The summed E-state index contributed by atoms with van der Waals surface area (Å²) in [5.41, 5.74) is 1.18. The van der Waals surface area contributed by atoms with Crippen molar-refractivity contribution in [3.05, 3.63) is 17.7 Å². The van der Waals surface area contributed by atoms with E-state index in [1.165, 1.54) is 25.0 Å². The van der Waals surface area contributed by atoms with Gasteiger partial charge in [-0.25, -0.2) is 4.98 Å². The highest BCUT2D eigenvalue weighted by Crippen LogP contribution is 2.29. The summed E-state index contributed by atoms with van der Waals surface area (Å²) in [6, 6.07) is 0. The van der Waals surface area contributed by atoms with Gasteiger partial charge in [0.25, 0.3) is 0 Å². The minimum Gasteiger partial charge on any atom is -0.347 e. The van der Waals surface area contributed by atoms with Crippen molar-refractivity contribution in [2.45, 2.75) is 31.6 Å². The van der Waals surface area contributed by atoms with Crippen LogP contribution in [0.2, 0.25) is 0 Å². The number of halogens is 2. The second-order valence-corrected chi connectivity index (χ2v) is 3.74. The lowest BCUT2D eigenvalue weighted by atomic mass is 9.82. The lowest BCUT2D eigenvalue weighted by molar-refractivity contribution is 0.312. The molecule has 1 aliphatic rings. The molecule has 0 aromatic carbocycles. The molecule has 1 aliphatic carbocycles. The number of aromatic amines is 1. The van der Waals surface area contributed by atoms with Crippen molar-refractivity contribution in [3.8, 4) is 0 Å². The first-order chi connectivity index (χ1) is 5.88. The van der Waals surface area contributed by atoms with Gasteiger partial charge in [0.1, 0.15) is 5.82 Å². The Morgan fingerprint density at radius 2 is 2.31 bits per heavy atom. The number of rotatable bonds is 3. The zero-order chi connectivity index (χ0) is 8.39. The lowest BCUT2D eigenvalue weighted by Crippen LogP contribution is -2.13. The first-order valence-electron chi connectivity index (χ1n) is 4.47. The Bertz CT molecular complexity index is 256. The minimum absolute atomic E-state index is 0. The van der Waals surface area contributed by atoms with E-state index in [2.05, 4.69) is 9.97 Å². The predicted molar refractivity (Wildman–Crippen MR) is 56.4 cm³/mol. The molecule has 2 nitrogen and oxygen atoms in total. The Kier molecular flexibility index (Phi) is 4.07. The maximum atomic E-state index is 5.63. The van der Waals surface area contributed by atoms with Crippen molar-refractivity contribution < 1.29 is 0 Å². The Morgan fingerprint density at radius 3 is 2.77 bits per heavy atom. The molecular formula is C9H14Cl2N2.